The number of hydrogen-bond donors (Lipinski definition) is 1. The Hall–Kier alpha value is -2.17. The van der Waals surface area contributed by atoms with Crippen LogP contribution in [-0.4, -0.2) is 29.2 Å². The molecule has 0 saturated carbocycles. The van der Waals surface area contributed by atoms with Crippen molar-refractivity contribution in [3.8, 4) is 0 Å². The third kappa shape index (κ3) is 3.72. The van der Waals surface area contributed by atoms with Crippen molar-refractivity contribution in [1.29, 1.82) is 0 Å². The Morgan fingerprint density at radius 1 is 1.14 bits per heavy atom. The Kier molecular flexibility index (Phi) is 4.64. The number of carbonyl (C=O) groups is 3. The minimum absolute atomic E-state index is 0.0786. The number of amides is 3. The molecule has 118 valence electrons. The molecule has 0 radical (unpaired) electrons. The monoisotopic (exact) mass is 302 g/mol. The van der Waals surface area contributed by atoms with E-state index < -0.39 is 0 Å². The third-order valence-corrected chi connectivity index (χ3v) is 3.73. The molecule has 5 nitrogen and oxygen atoms in total. The minimum Gasteiger partial charge on any atom is -0.326 e. The van der Waals surface area contributed by atoms with Crippen LogP contribution in [0.15, 0.2) is 24.3 Å². The first kappa shape index (κ1) is 16.2. The number of likely N-dealkylation sites (tertiary alicyclic amines) is 1. The van der Waals surface area contributed by atoms with E-state index in [9.17, 15) is 14.4 Å². The van der Waals surface area contributed by atoms with E-state index in [1.54, 1.807) is 0 Å². The Labute approximate surface area is 130 Å². The molecular formula is C17H22N2O3. The van der Waals surface area contributed by atoms with Crippen molar-refractivity contribution in [1.82, 2.24) is 4.90 Å². The molecule has 0 bridgehead atoms. The van der Waals surface area contributed by atoms with Gasteiger partial charge in [0.1, 0.15) is 0 Å². The molecule has 1 N–H and O–H groups in total. The van der Waals surface area contributed by atoms with Crippen molar-refractivity contribution < 1.29 is 14.4 Å². The predicted molar refractivity (Wildman–Crippen MR) is 84.3 cm³/mol. The van der Waals surface area contributed by atoms with E-state index in [2.05, 4.69) is 26.1 Å². The molecule has 5 heteroatoms. The smallest absolute Gasteiger partial charge is 0.229 e. The first-order valence-corrected chi connectivity index (χ1v) is 7.51. The third-order valence-electron chi connectivity index (χ3n) is 3.73. The summed E-state index contributed by atoms with van der Waals surface area (Å²) in [7, 11) is 0. The van der Waals surface area contributed by atoms with Crippen molar-refractivity contribution in [2.24, 2.45) is 0 Å². The molecule has 0 aliphatic carbocycles. The lowest BCUT2D eigenvalue weighted by Gasteiger charge is -2.23. The van der Waals surface area contributed by atoms with Gasteiger partial charge in [-0.3, -0.25) is 19.3 Å². The Bertz CT molecular complexity index is 586. The van der Waals surface area contributed by atoms with E-state index in [0.717, 1.165) is 11.3 Å². The van der Waals surface area contributed by atoms with Crippen LogP contribution in [0.5, 0.6) is 0 Å². The lowest BCUT2D eigenvalue weighted by atomic mass is 9.86. The van der Waals surface area contributed by atoms with Crippen LogP contribution in [0.3, 0.4) is 0 Å². The first-order valence-electron chi connectivity index (χ1n) is 7.51. The Balaban J connectivity index is 1.98. The zero-order valence-corrected chi connectivity index (χ0v) is 13.3. The predicted octanol–water partition coefficient (Wildman–Crippen LogP) is 2.46. The Morgan fingerprint density at radius 3 is 2.32 bits per heavy atom. The van der Waals surface area contributed by atoms with Crippen molar-refractivity contribution in [3.63, 3.8) is 0 Å². The van der Waals surface area contributed by atoms with E-state index >= 15 is 0 Å². The molecule has 2 rings (SSSR count). The highest BCUT2D eigenvalue weighted by atomic mass is 16.2. The van der Waals surface area contributed by atoms with Crippen molar-refractivity contribution in [3.05, 3.63) is 29.8 Å². The summed E-state index contributed by atoms with van der Waals surface area (Å²) < 4.78 is 0. The van der Waals surface area contributed by atoms with E-state index in [1.165, 1.54) is 4.90 Å². The van der Waals surface area contributed by atoms with Gasteiger partial charge in [-0.15, -0.1) is 0 Å². The summed E-state index contributed by atoms with van der Waals surface area (Å²) in [5.41, 5.74) is 1.75. The van der Waals surface area contributed by atoms with Gasteiger partial charge in [0.25, 0.3) is 0 Å². The summed E-state index contributed by atoms with van der Waals surface area (Å²) in [6.45, 7) is 6.40. The topological polar surface area (TPSA) is 66.5 Å². The van der Waals surface area contributed by atoms with Gasteiger partial charge in [0.15, 0.2) is 0 Å². The zero-order valence-electron chi connectivity index (χ0n) is 13.3. The molecule has 0 atom stereocenters. The van der Waals surface area contributed by atoms with Crippen LogP contribution in [-0.2, 0) is 19.8 Å². The summed E-state index contributed by atoms with van der Waals surface area (Å²) >= 11 is 0. The fourth-order valence-corrected chi connectivity index (χ4v) is 2.54. The lowest BCUT2D eigenvalue weighted by Crippen LogP contribution is -2.32. The van der Waals surface area contributed by atoms with Crippen LogP contribution in [0.4, 0.5) is 5.69 Å². The molecule has 0 aromatic heterocycles. The van der Waals surface area contributed by atoms with Crippen LogP contribution >= 0.6 is 0 Å². The molecule has 3 amide bonds. The number of carbonyl (C=O) groups excluding carboxylic acids is 3. The number of benzene rings is 1. The fourth-order valence-electron chi connectivity index (χ4n) is 2.54. The van der Waals surface area contributed by atoms with Gasteiger partial charge < -0.3 is 5.32 Å². The normalized spacial score (nSPS) is 15.3. The van der Waals surface area contributed by atoms with Gasteiger partial charge in [-0.2, -0.15) is 0 Å². The van der Waals surface area contributed by atoms with E-state index in [-0.39, 0.29) is 48.9 Å². The van der Waals surface area contributed by atoms with Crippen molar-refractivity contribution in [2.45, 2.75) is 45.4 Å². The van der Waals surface area contributed by atoms with Gasteiger partial charge in [-0.05, 0) is 17.0 Å². The van der Waals surface area contributed by atoms with Crippen molar-refractivity contribution >= 4 is 23.4 Å². The number of rotatable bonds is 4. The maximum absolute atomic E-state index is 12.1. The largest absolute Gasteiger partial charge is 0.326 e. The summed E-state index contributed by atoms with van der Waals surface area (Å²) in [6.07, 6.45) is 0.635. The summed E-state index contributed by atoms with van der Waals surface area (Å²) in [4.78, 5) is 36.3. The van der Waals surface area contributed by atoms with Gasteiger partial charge in [0.2, 0.25) is 17.7 Å². The quantitative estimate of drug-likeness (QED) is 0.869. The van der Waals surface area contributed by atoms with Crippen LogP contribution in [0.25, 0.3) is 0 Å². The van der Waals surface area contributed by atoms with Gasteiger partial charge in [0.05, 0.1) is 0 Å². The highest BCUT2D eigenvalue weighted by Crippen LogP contribution is 2.29. The number of anilines is 1. The van der Waals surface area contributed by atoms with Gasteiger partial charge in [-0.25, -0.2) is 0 Å². The molecule has 1 aromatic rings. The van der Waals surface area contributed by atoms with Crippen LogP contribution < -0.4 is 5.32 Å². The summed E-state index contributed by atoms with van der Waals surface area (Å²) in [6, 6.07) is 7.67. The standard InChI is InChI=1S/C17H22N2O3/c1-17(2,3)12-6-4-5-7-13(12)18-14(20)10-11-19-15(21)8-9-16(19)22/h4-7H,8-11H2,1-3H3,(H,18,20). The number of nitrogens with zero attached hydrogens (tertiary/aromatic N) is 1. The highest BCUT2D eigenvalue weighted by molar-refractivity contribution is 6.02. The second kappa shape index (κ2) is 6.30. The maximum atomic E-state index is 12.1. The number of imide groups is 1. The molecule has 1 aromatic carbocycles. The van der Waals surface area contributed by atoms with Gasteiger partial charge in [0, 0.05) is 31.5 Å². The van der Waals surface area contributed by atoms with Crippen LogP contribution in [0.1, 0.15) is 45.6 Å². The van der Waals surface area contributed by atoms with Crippen LogP contribution in [0, 0.1) is 0 Å². The molecule has 1 heterocycles. The molecule has 1 saturated heterocycles. The van der Waals surface area contributed by atoms with E-state index in [1.807, 2.05) is 24.3 Å². The molecule has 22 heavy (non-hydrogen) atoms. The molecule has 0 unspecified atom stereocenters. The van der Waals surface area contributed by atoms with Gasteiger partial charge >= 0.3 is 0 Å². The SMILES string of the molecule is CC(C)(C)c1ccccc1NC(=O)CCN1C(=O)CCC1=O. The molecule has 1 aliphatic heterocycles. The van der Waals surface area contributed by atoms with Crippen LogP contribution in [0.2, 0.25) is 0 Å². The van der Waals surface area contributed by atoms with Gasteiger partial charge in [-0.1, -0.05) is 39.0 Å². The molecule has 0 spiro atoms. The molecule has 1 aliphatic rings. The average molecular weight is 302 g/mol. The fraction of sp³-hybridized carbons (Fsp3) is 0.471. The molecular weight excluding hydrogens is 280 g/mol. The summed E-state index contributed by atoms with van der Waals surface area (Å²) in [5.74, 6) is -0.565. The van der Waals surface area contributed by atoms with E-state index in [4.69, 9.17) is 0 Å². The second-order valence-electron chi connectivity index (χ2n) is 6.53. The average Bonchev–Trinajstić information content (AvgIpc) is 2.75. The zero-order chi connectivity index (χ0) is 16.3. The van der Waals surface area contributed by atoms with Crippen molar-refractivity contribution in [2.75, 3.05) is 11.9 Å². The maximum Gasteiger partial charge on any atom is 0.229 e. The minimum atomic E-state index is -0.191. The highest BCUT2D eigenvalue weighted by Gasteiger charge is 2.29. The number of nitrogens with one attached hydrogen (secondary N) is 1. The number of para-hydroxylation sites is 1. The summed E-state index contributed by atoms with van der Waals surface area (Å²) in [5, 5.41) is 2.88. The Morgan fingerprint density at radius 2 is 1.73 bits per heavy atom. The second-order valence-corrected chi connectivity index (χ2v) is 6.53. The number of hydrogen-bond acceptors (Lipinski definition) is 3. The lowest BCUT2D eigenvalue weighted by molar-refractivity contribution is -0.138. The first-order chi connectivity index (χ1) is 10.3. The van der Waals surface area contributed by atoms with E-state index in [0.29, 0.717) is 0 Å². The molecule has 1 fully saturated rings.